The van der Waals surface area contributed by atoms with Crippen LogP contribution in [-0.2, 0) is 14.3 Å². The molecule has 0 aliphatic heterocycles. The zero-order valence-corrected chi connectivity index (χ0v) is 16.9. The van der Waals surface area contributed by atoms with Gasteiger partial charge in [-0.2, -0.15) is 0 Å². The van der Waals surface area contributed by atoms with Crippen molar-refractivity contribution in [3.63, 3.8) is 0 Å². The fraction of sp³-hybridized carbons (Fsp3) is 0.208. The van der Waals surface area contributed by atoms with Crippen molar-refractivity contribution in [3.8, 4) is 5.75 Å². The molecule has 0 radical (unpaired) electrons. The molecule has 2 rings (SSSR count). The summed E-state index contributed by atoms with van der Waals surface area (Å²) in [6, 6.07) is 13.6. The lowest BCUT2D eigenvalue weighted by Crippen LogP contribution is -2.13. The van der Waals surface area contributed by atoms with Gasteiger partial charge < -0.3 is 14.8 Å². The number of carbonyl (C=O) groups is 3. The van der Waals surface area contributed by atoms with Crippen LogP contribution in [0.4, 0.5) is 5.69 Å². The second-order valence-electron chi connectivity index (χ2n) is 6.41. The third-order valence-electron chi connectivity index (χ3n) is 3.97. The van der Waals surface area contributed by atoms with Crippen molar-refractivity contribution < 1.29 is 23.9 Å². The molecule has 0 aliphatic carbocycles. The molecule has 156 valence electrons. The monoisotopic (exact) mass is 407 g/mol. The van der Waals surface area contributed by atoms with Gasteiger partial charge in [0, 0.05) is 23.7 Å². The van der Waals surface area contributed by atoms with Gasteiger partial charge in [0.1, 0.15) is 12.4 Å². The highest BCUT2D eigenvalue weighted by Crippen LogP contribution is 2.14. The van der Waals surface area contributed by atoms with Crippen molar-refractivity contribution in [1.82, 2.24) is 0 Å². The summed E-state index contributed by atoms with van der Waals surface area (Å²) in [4.78, 5) is 35.6. The molecule has 1 amide bonds. The minimum Gasteiger partial charge on any atom is -0.490 e. The molecule has 0 spiro atoms. The van der Waals surface area contributed by atoms with Gasteiger partial charge in [-0.1, -0.05) is 31.7 Å². The van der Waals surface area contributed by atoms with E-state index < -0.39 is 5.97 Å². The highest BCUT2D eigenvalue weighted by molar-refractivity contribution is 5.99. The minimum absolute atomic E-state index is 0.0729. The molecular formula is C24H25NO5. The molecule has 6 heteroatoms. The van der Waals surface area contributed by atoms with Crippen molar-refractivity contribution in [3.05, 3.63) is 78.4 Å². The maximum atomic E-state index is 12.2. The van der Waals surface area contributed by atoms with Gasteiger partial charge in [-0.25, -0.2) is 4.79 Å². The van der Waals surface area contributed by atoms with Crippen LogP contribution in [0.2, 0.25) is 0 Å². The van der Waals surface area contributed by atoms with Gasteiger partial charge >= 0.3 is 5.97 Å². The number of ketones is 1. The fourth-order valence-electron chi connectivity index (χ4n) is 2.45. The quantitative estimate of drug-likeness (QED) is 0.258. The van der Waals surface area contributed by atoms with Crippen molar-refractivity contribution in [2.75, 3.05) is 18.5 Å². The predicted octanol–water partition coefficient (Wildman–Crippen LogP) is 4.43. The number of ether oxygens (including phenoxy) is 2. The van der Waals surface area contributed by atoms with Crippen LogP contribution in [0.3, 0.4) is 0 Å². The molecule has 30 heavy (non-hydrogen) atoms. The zero-order valence-electron chi connectivity index (χ0n) is 16.9. The van der Waals surface area contributed by atoms with Crippen LogP contribution in [0, 0.1) is 0 Å². The highest BCUT2D eigenvalue weighted by atomic mass is 16.5. The SMILES string of the molecule is C=CCOc1ccc(/C=C/C(=O)OCC(=O)c2ccc(NC(=O)CCC)cc2)cc1. The van der Waals surface area contributed by atoms with E-state index in [4.69, 9.17) is 9.47 Å². The fourth-order valence-corrected chi connectivity index (χ4v) is 2.45. The third kappa shape index (κ3) is 7.75. The number of hydrogen-bond acceptors (Lipinski definition) is 5. The van der Waals surface area contributed by atoms with Crippen LogP contribution in [0.25, 0.3) is 6.08 Å². The first-order valence-electron chi connectivity index (χ1n) is 9.63. The molecule has 0 saturated heterocycles. The number of carbonyl (C=O) groups excluding carboxylic acids is 3. The Kier molecular flexibility index (Phi) is 9.06. The van der Waals surface area contributed by atoms with Crippen molar-refractivity contribution in [2.24, 2.45) is 0 Å². The smallest absolute Gasteiger partial charge is 0.331 e. The largest absolute Gasteiger partial charge is 0.490 e. The Bertz CT molecular complexity index is 898. The number of esters is 1. The molecule has 0 saturated carbocycles. The van der Waals surface area contributed by atoms with Crippen LogP contribution in [0.5, 0.6) is 5.75 Å². The Morgan fingerprint density at radius 1 is 1.03 bits per heavy atom. The van der Waals surface area contributed by atoms with E-state index in [1.165, 1.54) is 6.08 Å². The van der Waals surface area contributed by atoms with Crippen molar-refractivity contribution in [2.45, 2.75) is 19.8 Å². The summed E-state index contributed by atoms with van der Waals surface area (Å²) in [6.45, 7) is 5.57. The standard InChI is InChI=1S/C24H25NO5/c1-3-5-23(27)25-20-11-9-19(10-12-20)22(26)17-30-24(28)15-8-18-6-13-21(14-7-18)29-16-4-2/h4,6-15H,2-3,5,16-17H2,1H3,(H,25,27)/b15-8+. The van der Waals surface area contributed by atoms with E-state index in [0.29, 0.717) is 30.0 Å². The number of rotatable bonds is 11. The molecule has 1 N–H and O–H groups in total. The molecule has 6 nitrogen and oxygen atoms in total. The van der Waals surface area contributed by atoms with Crippen molar-refractivity contribution >= 4 is 29.4 Å². The molecular weight excluding hydrogens is 382 g/mol. The summed E-state index contributed by atoms with van der Waals surface area (Å²) in [5.41, 5.74) is 1.81. The molecule has 0 heterocycles. The second kappa shape index (κ2) is 12.0. The Morgan fingerprint density at radius 2 is 1.73 bits per heavy atom. The summed E-state index contributed by atoms with van der Waals surface area (Å²) in [6.07, 6.45) is 5.72. The lowest BCUT2D eigenvalue weighted by Gasteiger charge is -2.06. The molecule has 0 aromatic heterocycles. The van der Waals surface area contributed by atoms with Crippen LogP contribution in [0.15, 0.2) is 67.3 Å². The van der Waals surface area contributed by atoms with E-state index in [-0.39, 0.29) is 18.3 Å². The third-order valence-corrected chi connectivity index (χ3v) is 3.97. The van der Waals surface area contributed by atoms with Crippen LogP contribution < -0.4 is 10.1 Å². The van der Waals surface area contributed by atoms with Crippen LogP contribution in [-0.4, -0.2) is 30.9 Å². The number of anilines is 1. The van der Waals surface area contributed by atoms with E-state index in [0.717, 1.165) is 12.0 Å². The lowest BCUT2D eigenvalue weighted by molar-refractivity contribution is -0.136. The van der Waals surface area contributed by atoms with Gasteiger partial charge in [0.25, 0.3) is 0 Å². The van der Waals surface area contributed by atoms with Gasteiger partial charge in [0.2, 0.25) is 5.91 Å². The first kappa shape index (κ1) is 22.6. The first-order valence-corrected chi connectivity index (χ1v) is 9.63. The topological polar surface area (TPSA) is 81.7 Å². The molecule has 0 bridgehead atoms. The van der Waals surface area contributed by atoms with E-state index >= 15 is 0 Å². The average molecular weight is 407 g/mol. The van der Waals surface area contributed by atoms with Crippen molar-refractivity contribution in [1.29, 1.82) is 0 Å². The van der Waals surface area contributed by atoms with Gasteiger partial charge in [-0.3, -0.25) is 9.59 Å². The average Bonchev–Trinajstić information content (AvgIpc) is 2.76. The number of hydrogen-bond donors (Lipinski definition) is 1. The number of benzene rings is 2. The van der Waals surface area contributed by atoms with Gasteiger partial charge in [-0.05, 0) is 54.5 Å². The molecule has 0 unspecified atom stereocenters. The number of nitrogens with one attached hydrogen (secondary N) is 1. The summed E-state index contributed by atoms with van der Waals surface area (Å²) < 4.78 is 10.4. The Labute approximate surface area is 176 Å². The van der Waals surface area contributed by atoms with Gasteiger partial charge in [0.05, 0.1) is 0 Å². The highest BCUT2D eigenvalue weighted by Gasteiger charge is 2.09. The molecule has 0 atom stereocenters. The maximum absolute atomic E-state index is 12.2. The summed E-state index contributed by atoms with van der Waals surface area (Å²) in [7, 11) is 0. The van der Waals surface area contributed by atoms with E-state index in [2.05, 4.69) is 11.9 Å². The summed E-state index contributed by atoms with van der Waals surface area (Å²) in [5.74, 6) is -0.307. The molecule has 0 fully saturated rings. The van der Waals surface area contributed by atoms with Gasteiger partial charge in [-0.15, -0.1) is 0 Å². The first-order chi connectivity index (χ1) is 14.5. The van der Waals surface area contributed by atoms with E-state index in [1.54, 1.807) is 60.7 Å². The lowest BCUT2D eigenvalue weighted by atomic mass is 10.1. The number of Topliss-reactive ketones (excluding diaryl/α,β-unsaturated/α-hetero) is 1. The maximum Gasteiger partial charge on any atom is 0.331 e. The van der Waals surface area contributed by atoms with Crippen LogP contribution >= 0.6 is 0 Å². The Hall–Kier alpha value is -3.67. The zero-order chi connectivity index (χ0) is 21.8. The van der Waals surface area contributed by atoms with Crippen LogP contribution in [0.1, 0.15) is 35.7 Å². The van der Waals surface area contributed by atoms with E-state index in [9.17, 15) is 14.4 Å². The van der Waals surface area contributed by atoms with E-state index in [1.807, 2.05) is 6.92 Å². The normalized spacial score (nSPS) is 10.4. The molecule has 2 aromatic rings. The second-order valence-corrected chi connectivity index (χ2v) is 6.41. The summed E-state index contributed by atoms with van der Waals surface area (Å²) >= 11 is 0. The van der Waals surface area contributed by atoms with Gasteiger partial charge in [0.15, 0.2) is 12.4 Å². The number of amides is 1. The minimum atomic E-state index is -0.612. The molecule has 2 aromatic carbocycles. The molecule has 0 aliphatic rings. The summed E-state index contributed by atoms with van der Waals surface area (Å²) in [5, 5.41) is 2.75. The Morgan fingerprint density at radius 3 is 2.37 bits per heavy atom. The predicted molar refractivity (Wildman–Crippen MR) is 116 cm³/mol. The Balaban J connectivity index is 1.80.